The summed E-state index contributed by atoms with van der Waals surface area (Å²) in [5.74, 6) is 0.660. The molecule has 0 bridgehead atoms. The first-order valence-electron chi connectivity index (χ1n) is 9.00. The van der Waals surface area contributed by atoms with Gasteiger partial charge in [0.05, 0.1) is 16.2 Å². The van der Waals surface area contributed by atoms with Crippen molar-refractivity contribution in [2.45, 2.75) is 13.2 Å². The predicted molar refractivity (Wildman–Crippen MR) is 113 cm³/mol. The number of ether oxygens (including phenoxy) is 1. The summed E-state index contributed by atoms with van der Waals surface area (Å²) in [6.45, 7) is 0.689. The molecule has 28 heavy (non-hydrogen) atoms. The number of nitrogens with one attached hydrogen (secondary N) is 1. The second kappa shape index (κ2) is 8.19. The zero-order chi connectivity index (χ0) is 19.3. The van der Waals surface area contributed by atoms with Gasteiger partial charge in [-0.3, -0.25) is 4.79 Å². The van der Waals surface area contributed by atoms with E-state index in [0.717, 1.165) is 22.2 Å². The Morgan fingerprint density at radius 3 is 2.54 bits per heavy atom. The molecule has 1 heterocycles. The predicted octanol–water partition coefficient (Wildman–Crippen LogP) is 5.51. The number of carbonyl (C=O) groups excluding carboxylic acids is 1. The van der Waals surface area contributed by atoms with Gasteiger partial charge in [-0.1, -0.05) is 60.1 Å². The summed E-state index contributed by atoms with van der Waals surface area (Å²) in [5, 5.41) is 4.35. The molecular weight excluding hydrogens is 372 g/mol. The monoisotopic (exact) mass is 390 g/mol. The van der Waals surface area contributed by atoms with Crippen LogP contribution < -0.4 is 10.1 Å². The molecule has 3 aromatic carbocycles. The van der Waals surface area contributed by atoms with Crippen molar-refractivity contribution in [3.05, 3.63) is 95.6 Å². The number of halogens is 1. The van der Waals surface area contributed by atoms with Crippen molar-refractivity contribution in [2.24, 2.45) is 0 Å². The van der Waals surface area contributed by atoms with E-state index >= 15 is 0 Å². The summed E-state index contributed by atoms with van der Waals surface area (Å²) < 4.78 is 7.90. The van der Waals surface area contributed by atoms with Crippen LogP contribution in [0, 0.1) is 0 Å². The van der Waals surface area contributed by atoms with Crippen LogP contribution in [-0.2, 0) is 17.9 Å². The van der Waals surface area contributed by atoms with Gasteiger partial charge >= 0.3 is 0 Å². The van der Waals surface area contributed by atoms with E-state index in [1.165, 1.54) is 0 Å². The maximum atomic E-state index is 12.4. The highest BCUT2D eigenvalue weighted by molar-refractivity contribution is 6.33. The maximum absolute atomic E-state index is 12.4. The summed E-state index contributed by atoms with van der Waals surface area (Å²) in [7, 11) is 0. The van der Waals surface area contributed by atoms with Crippen LogP contribution in [0.15, 0.2) is 85.1 Å². The molecule has 0 saturated carbocycles. The Bertz CT molecular complexity index is 1110. The lowest BCUT2D eigenvalue weighted by molar-refractivity contribution is -0.116. The van der Waals surface area contributed by atoms with E-state index in [9.17, 15) is 4.79 Å². The van der Waals surface area contributed by atoms with Crippen LogP contribution in [0.4, 0.5) is 5.69 Å². The lowest BCUT2D eigenvalue weighted by atomic mass is 10.2. The molecule has 0 radical (unpaired) electrons. The third-order valence-corrected chi connectivity index (χ3v) is 4.80. The molecule has 0 aliphatic rings. The normalized spacial score (nSPS) is 10.8. The minimum atomic E-state index is -0.138. The molecule has 5 heteroatoms. The van der Waals surface area contributed by atoms with Gasteiger partial charge in [0.15, 0.2) is 0 Å². The molecule has 140 valence electrons. The summed E-state index contributed by atoms with van der Waals surface area (Å²) in [6.07, 6.45) is 1.90. The Kier molecular flexibility index (Phi) is 5.31. The molecule has 1 aromatic heterocycles. The topological polar surface area (TPSA) is 43.3 Å². The van der Waals surface area contributed by atoms with Gasteiger partial charge in [-0.15, -0.1) is 0 Å². The lowest BCUT2D eigenvalue weighted by Gasteiger charge is -2.10. The van der Waals surface area contributed by atoms with Crippen molar-refractivity contribution >= 4 is 34.1 Å². The van der Waals surface area contributed by atoms with Crippen molar-refractivity contribution in [1.29, 1.82) is 0 Å². The summed E-state index contributed by atoms with van der Waals surface area (Å²) >= 11 is 6.11. The molecule has 1 amide bonds. The lowest BCUT2D eigenvalue weighted by Crippen LogP contribution is -2.18. The molecule has 4 nitrogen and oxygen atoms in total. The maximum Gasteiger partial charge on any atom is 0.244 e. The van der Waals surface area contributed by atoms with Crippen molar-refractivity contribution in [3.8, 4) is 5.75 Å². The number of nitrogens with zero attached hydrogens (tertiary/aromatic N) is 1. The van der Waals surface area contributed by atoms with Crippen molar-refractivity contribution in [1.82, 2.24) is 4.57 Å². The Morgan fingerprint density at radius 1 is 0.929 bits per heavy atom. The van der Waals surface area contributed by atoms with Crippen LogP contribution in [0.3, 0.4) is 0 Å². The molecule has 0 fully saturated rings. The number of anilines is 1. The van der Waals surface area contributed by atoms with Crippen LogP contribution >= 0.6 is 11.6 Å². The number of fused-ring (bicyclic) bond motifs is 1. The fourth-order valence-electron chi connectivity index (χ4n) is 3.10. The molecular formula is C23H19ClN2O2. The summed E-state index contributed by atoms with van der Waals surface area (Å²) in [6, 6.07) is 25.1. The second-order valence-electron chi connectivity index (χ2n) is 6.43. The van der Waals surface area contributed by atoms with E-state index in [-0.39, 0.29) is 12.5 Å². The van der Waals surface area contributed by atoms with E-state index in [4.69, 9.17) is 16.3 Å². The highest BCUT2D eigenvalue weighted by Gasteiger charge is 2.11. The van der Waals surface area contributed by atoms with Gasteiger partial charge in [-0.05, 0) is 35.9 Å². The van der Waals surface area contributed by atoms with E-state index in [1.54, 1.807) is 12.1 Å². The molecule has 0 aliphatic heterocycles. The molecule has 0 aliphatic carbocycles. The molecule has 0 unspecified atom stereocenters. The minimum Gasteiger partial charge on any atom is -0.488 e. The highest BCUT2D eigenvalue weighted by atomic mass is 35.5. The van der Waals surface area contributed by atoms with Gasteiger partial charge in [-0.2, -0.15) is 0 Å². The van der Waals surface area contributed by atoms with E-state index in [1.807, 2.05) is 77.5 Å². The fraction of sp³-hybridized carbons (Fsp3) is 0.0870. The van der Waals surface area contributed by atoms with Crippen LogP contribution in [-0.4, -0.2) is 10.5 Å². The Morgan fingerprint density at radius 2 is 1.71 bits per heavy atom. The van der Waals surface area contributed by atoms with Crippen LogP contribution in [0.25, 0.3) is 10.9 Å². The Labute approximate surface area is 168 Å². The zero-order valence-corrected chi connectivity index (χ0v) is 15.9. The molecule has 4 aromatic rings. The van der Waals surface area contributed by atoms with Crippen molar-refractivity contribution in [2.75, 3.05) is 5.32 Å². The van der Waals surface area contributed by atoms with Gasteiger partial charge in [-0.25, -0.2) is 0 Å². The summed E-state index contributed by atoms with van der Waals surface area (Å²) in [5.41, 5.74) is 2.66. The summed E-state index contributed by atoms with van der Waals surface area (Å²) in [4.78, 5) is 12.4. The molecule has 0 spiro atoms. The van der Waals surface area contributed by atoms with Crippen molar-refractivity contribution < 1.29 is 9.53 Å². The third kappa shape index (κ3) is 4.02. The number of amides is 1. The van der Waals surface area contributed by atoms with Gasteiger partial charge in [0, 0.05) is 11.6 Å². The Balaban J connectivity index is 1.50. The SMILES string of the molecule is O=C(Cn1ccc2c(OCc3ccccc3)cccc21)Nc1ccccc1Cl. The molecule has 0 atom stereocenters. The average molecular weight is 391 g/mol. The van der Waals surface area contributed by atoms with E-state index in [0.29, 0.717) is 17.3 Å². The zero-order valence-electron chi connectivity index (χ0n) is 15.1. The first kappa shape index (κ1) is 18.1. The van der Waals surface area contributed by atoms with E-state index in [2.05, 4.69) is 5.32 Å². The minimum absolute atomic E-state index is 0.138. The van der Waals surface area contributed by atoms with Gasteiger partial charge in [0.25, 0.3) is 0 Å². The third-order valence-electron chi connectivity index (χ3n) is 4.47. The van der Waals surface area contributed by atoms with Crippen molar-refractivity contribution in [3.63, 3.8) is 0 Å². The smallest absolute Gasteiger partial charge is 0.244 e. The molecule has 1 N–H and O–H groups in total. The van der Waals surface area contributed by atoms with Crippen LogP contribution in [0.1, 0.15) is 5.56 Å². The quantitative estimate of drug-likeness (QED) is 0.471. The number of rotatable bonds is 6. The van der Waals surface area contributed by atoms with Gasteiger partial charge in [0.2, 0.25) is 5.91 Å². The largest absolute Gasteiger partial charge is 0.488 e. The highest BCUT2D eigenvalue weighted by Crippen LogP contribution is 2.27. The number of hydrogen-bond donors (Lipinski definition) is 1. The number of benzene rings is 3. The number of aromatic nitrogens is 1. The molecule has 0 saturated heterocycles. The molecule has 4 rings (SSSR count). The van der Waals surface area contributed by atoms with E-state index < -0.39 is 0 Å². The number of para-hydroxylation sites is 1. The van der Waals surface area contributed by atoms with Gasteiger partial charge in [0.1, 0.15) is 18.9 Å². The van der Waals surface area contributed by atoms with Crippen LogP contribution in [0.5, 0.6) is 5.75 Å². The van der Waals surface area contributed by atoms with Crippen LogP contribution in [0.2, 0.25) is 5.02 Å². The standard InChI is InChI=1S/C23H19ClN2O2/c24-19-9-4-5-10-20(19)25-23(27)15-26-14-13-18-21(26)11-6-12-22(18)28-16-17-7-2-1-3-8-17/h1-14H,15-16H2,(H,25,27). The Hall–Kier alpha value is -3.24. The average Bonchev–Trinajstić information content (AvgIpc) is 3.12. The number of hydrogen-bond acceptors (Lipinski definition) is 2. The second-order valence-corrected chi connectivity index (χ2v) is 6.84. The fourth-order valence-corrected chi connectivity index (χ4v) is 3.28. The first-order chi connectivity index (χ1) is 13.7. The number of carbonyl (C=O) groups is 1. The van der Waals surface area contributed by atoms with Gasteiger partial charge < -0.3 is 14.6 Å². The first-order valence-corrected chi connectivity index (χ1v) is 9.37.